The number of aryl methyl sites for hydroxylation is 1. The lowest BCUT2D eigenvalue weighted by Crippen LogP contribution is -2.40. The Kier molecular flexibility index (Phi) is 4.28. The van der Waals surface area contributed by atoms with Crippen LogP contribution in [0.5, 0.6) is 0 Å². The maximum Gasteiger partial charge on any atom is 0.313 e. The number of fused-ring (bicyclic) bond motifs is 1. The molecule has 1 amide bonds. The van der Waals surface area contributed by atoms with Crippen LogP contribution in [0.4, 0.5) is 5.69 Å². The summed E-state index contributed by atoms with van der Waals surface area (Å²) in [6.07, 6.45) is 4.32. The second-order valence-electron chi connectivity index (χ2n) is 7.90. The number of nitrogens with zero attached hydrogens (tertiary/aromatic N) is 1. The minimum absolute atomic E-state index is 0.0561. The molecule has 3 aliphatic heterocycles. The van der Waals surface area contributed by atoms with E-state index in [1.165, 1.54) is 0 Å². The van der Waals surface area contributed by atoms with Crippen LogP contribution in [-0.4, -0.2) is 30.1 Å². The SMILES string of the molecule is CCc1ccccc1N1C[C@@]23C=C[C@H](O2)[C@@H](C(=O)OCc2ccccc2)[C@H]3C1=O. The van der Waals surface area contributed by atoms with Crippen LogP contribution in [-0.2, 0) is 32.1 Å². The van der Waals surface area contributed by atoms with Gasteiger partial charge in [0.2, 0.25) is 5.91 Å². The highest BCUT2D eigenvalue weighted by Gasteiger charge is 2.67. The Hall–Kier alpha value is -2.92. The number of anilines is 1. The van der Waals surface area contributed by atoms with Gasteiger partial charge in [-0.2, -0.15) is 0 Å². The minimum Gasteiger partial charge on any atom is -0.460 e. The largest absolute Gasteiger partial charge is 0.460 e. The molecule has 2 fully saturated rings. The molecule has 148 valence electrons. The van der Waals surface area contributed by atoms with Gasteiger partial charge in [0.1, 0.15) is 18.1 Å². The monoisotopic (exact) mass is 389 g/mol. The lowest BCUT2D eigenvalue weighted by Gasteiger charge is -2.23. The zero-order chi connectivity index (χ0) is 20.0. The average molecular weight is 389 g/mol. The molecule has 1 spiro atoms. The van der Waals surface area contributed by atoms with E-state index in [1.54, 1.807) is 4.90 Å². The van der Waals surface area contributed by atoms with E-state index in [-0.39, 0.29) is 18.5 Å². The van der Waals surface area contributed by atoms with E-state index >= 15 is 0 Å². The predicted molar refractivity (Wildman–Crippen MR) is 108 cm³/mol. The zero-order valence-electron chi connectivity index (χ0n) is 16.3. The van der Waals surface area contributed by atoms with Crippen LogP contribution in [0.25, 0.3) is 0 Å². The number of hydrogen-bond donors (Lipinski definition) is 0. The third-order valence-corrected chi connectivity index (χ3v) is 6.26. The summed E-state index contributed by atoms with van der Waals surface area (Å²) in [5, 5.41) is 0. The number of para-hydroxylation sites is 1. The second kappa shape index (κ2) is 6.85. The summed E-state index contributed by atoms with van der Waals surface area (Å²) in [4.78, 5) is 28.2. The molecule has 2 bridgehead atoms. The van der Waals surface area contributed by atoms with Crippen molar-refractivity contribution in [3.05, 3.63) is 77.9 Å². The number of carbonyl (C=O) groups is 2. The van der Waals surface area contributed by atoms with Crippen LogP contribution < -0.4 is 4.90 Å². The fourth-order valence-corrected chi connectivity index (χ4v) is 4.87. The molecule has 0 saturated carbocycles. The van der Waals surface area contributed by atoms with Gasteiger partial charge in [-0.25, -0.2) is 0 Å². The molecule has 5 rings (SSSR count). The molecule has 0 N–H and O–H groups in total. The van der Waals surface area contributed by atoms with Crippen molar-refractivity contribution in [2.75, 3.05) is 11.4 Å². The van der Waals surface area contributed by atoms with Crippen molar-refractivity contribution in [1.82, 2.24) is 0 Å². The first-order valence-corrected chi connectivity index (χ1v) is 10.1. The first-order chi connectivity index (χ1) is 14.1. The molecule has 5 nitrogen and oxygen atoms in total. The quantitative estimate of drug-likeness (QED) is 0.582. The second-order valence-corrected chi connectivity index (χ2v) is 7.90. The van der Waals surface area contributed by atoms with Crippen LogP contribution in [0.1, 0.15) is 18.1 Å². The summed E-state index contributed by atoms with van der Waals surface area (Å²) in [6.45, 7) is 2.70. The molecule has 29 heavy (non-hydrogen) atoms. The van der Waals surface area contributed by atoms with E-state index in [2.05, 4.69) is 6.92 Å². The Balaban J connectivity index is 1.40. The summed E-state index contributed by atoms with van der Waals surface area (Å²) >= 11 is 0. The van der Waals surface area contributed by atoms with Gasteiger partial charge < -0.3 is 14.4 Å². The molecular formula is C24H23NO4. The Morgan fingerprint density at radius 3 is 2.72 bits per heavy atom. The number of benzene rings is 2. The topological polar surface area (TPSA) is 55.8 Å². The molecule has 2 saturated heterocycles. The van der Waals surface area contributed by atoms with E-state index in [9.17, 15) is 9.59 Å². The summed E-state index contributed by atoms with van der Waals surface area (Å²) in [5.74, 6) is -1.56. The summed E-state index contributed by atoms with van der Waals surface area (Å²) in [7, 11) is 0. The molecule has 3 aliphatic rings. The van der Waals surface area contributed by atoms with Gasteiger partial charge in [0.05, 0.1) is 18.6 Å². The van der Waals surface area contributed by atoms with Crippen LogP contribution in [0.15, 0.2) is 66.7 Å². The molecule has 0 aromatic heterocycles. The first-order valence-electron chi connectivity index (χ1n) is 10.1. The van der Waals surface area contributed by atoms with Gasteiger partial charge in [-0.3, -0.25) is 9.59 Å². The van der Waals surface area contributed by atoms with Gasteiger partial charge in [-0.05, 0) is 23.6 Å². The van der Waals surface area contributed by atoms with Gasteiger partial charge in [-0.1, -0.05) is 67.6 Å². The van der Waals surface area contributed by atoms with E-state index in [0.29, 0.717) is 6.54 Å². The molecule has 2 aromatic rings. The summed E-state index contributed by atoms with van der Waals surface area (Å²) < 4.78 is 11.8. The molecular weight excluding hydrogens is 366 g/mol. The van der Waals surface area contributed by atoms with Crippen molar-refractivity contribution in [1.29, 1.82) is 0 Å². The van der Waals surface area contributed by atoms with Crippen LogP contribution in [0.2, 0.25) is 0 Å². The molecule has 0 aliphatic carbocycles. The highest BCUT2D eigenvalue weighted by Crippen LogP contribution is 2.53. The Morgan fingerprint density at radius 1 is 1.17 bits per heavy atom. The van der Waals surface area contributed by atoms with Crippen LogP contribution >= 0.6 is 0 Å². The van der Waals surface area contributed by atoms with Gasteiger partial charge in [0.25, 0.3) is 0 Å². The highest BCUT2D eigenvalue weighted by molar-refractivity contribution is 6.03. The van der Waals surface area contributed by atoms with E-state index < -0.39 is 23.5 Å². The maximum absolute atomic E-state index is 13.4. The Morgan fingerprint density at radius 2 is 1.93 bits per heavy atom. The molecule has 4 atom stereocenters. The Bertz CT molecular complexity index is 985. The van der Waals surface area contributed by atoms with E-state index in [4.69, 9.17) is 9.47 Å². The van der Waals surface area contributed by atoms with Crippen molar-refractivity contribution in [2.24, 2.45) is 11.8 Å². The number of esters is 1. The normalized spacial score (nSPS) is 29.3. The fourth-order valence-electron chi connectivity index (χ4n) is 4.87. The van der Waals surface area contributed by atoms with Crippen molar-refractivity contribution < 1.29 is 19.1 Å². The number of amides is 1. The van der Waals surface area contributed by atoms with Gasteiger partial charge in [-0.15, -0.1) is 0 Å². The lowest BCUT2D eigenvalue weighted by atomic mass is 9.77. The lowest BCUT2D eigenvalue weighted by molar-refractivity contribution is -0.153. The number of carbonyl (C=O) groups excluding carboxylic acids is 2. The Labute approximate surface area is 169 Å². The van der Waals surface area contributed by atoms with Crippen LogP contribution in [0, 0.1) is 11.8 Å². The number of hydrogen-bond acceptors (Lipinski definition) is 4. The fraction of sp³-hybridized carbons (Fsp3) is 0.333. The zero-order valence-corrected chi connectivity index (χ0v) is 16.3. The van der Waals surface area contributed by atoms with Gasteiger partial charge >= 0.3 is 5.97 Å². The highest BCUT2D eigenvalue weighted by atomic mass is 16.6. The van der Waals surface area contributed by atoms with Gasteiger partial charge in [0, 0.05) is 5.69 Å². The smallest absolute Gasteiger partial charge is 0.313 e. The molecule has 5 heteroatoms. The number of rotatable bonds is 5. The van der Waals surface area contributed by atoms with E-state index in [0.717, 1.165) is 23.2 Å². The van der Waals surface area contributed by atoms with Crippen molar-refractivity contribution in [3.8, 4) is 0 Å². The standard InChI is InChI=1S/C24H23NO4/c1-2-17-10-6-7-11-18(17)25-15-24-13-12-19(29-24)20(21(24)22(25)26)23(27)28-14-16-8-4-3-5-9-16/h3-13,19-21H,2,14-15H2,1H3/t19-,20+,21-,24+/m0/s1. The molecule has 0 radical (unpaired) electrons. The third kappa shape index (κ3) is 2.80. The van der Waals surface area contributed by atoms with Crippen LogP contribution in [0.3, 0.4) is 0 Å². The average Bonchev–Trinajstić information content (AvgIpc) is 3.41. The molecule has 0 unspecified atom stereocenters. The number of ether oxygens (including phenoxy) is 2. The third-order valence-electron chi connectivity index (χ3n) is 6.26. The maximum atomic E-state index is 13.4. The first kappa shape index (κ1) is 18.1. The van der Waals surface area contributed by atoms with Gasteiger partial charge in [0.15, 0.2) is 0 Å². The molecule has 3 heterocycles. The van der Waals surface area contributed by atoms with E-state index in [1.807, 2.05) is 66.7 Å². The summed E-state index contributed by atoms with van der Waals surface area (Å²) in [5.41, 5.74) is 2.20. The van der Waals surface area contributed by atoms with Crippen molar-refractivity contribution in [2.45, 2.75) is 31.7 Å². The predicted octanol–water partition coefficient (Wildman–Crippen LogP) is 3.28. The summed E-state index contributed by atoms with van der Waals surface area (Å²) in [6, 6.07) is 17.5. The van der Waals surface area contributed by atoms with Crippen molar-refractivity contribution >= 4 is 17.6 Å². The molecule has 2 aromatic carbocycles. The van der Waals surface area contributed by atoms with Crippen molar-refractivity contribution in [3.63, 3.8) is 0 Å². The minimum atomic E-state index is -0.737.